The van der Waals surface area contributed by atoms with Gasteiger partial charge in [0.2, 0.25) is 0 Å². The number of carbonyl (C=O) groups excluding carboxylic acids is 1. The highest BCUT2D eigenvalue weighted by molar-refractivity contribution is 8.00. The van der Waals surface area contributed by atoms with Crippen LogP contribution in [0.1, 0.15) is 53.4 Å². The highest BCUT2D eigenvalue weighted by atomic mass is 32.2. The van der Waals surface area contributed by atoms with Gasteiger partial charge < -0.3 is 4.74 Å². The Bertz CT molecular complexity index is 310. The molecule has 0 heterocycles. The highest BCUT2D eigenvalue weighted by Gasteiger charge is 2.28. The second kappa shape index (κ2) is 7.22. The highest BCUT2D eigenvalue weighted by Crippen LogP contribution is 2.40. The van der Waals surface area contributed by atoms with Crippen LogP contribution in [0, 0.1) is 5.92 Å². The first-order valence-electron chi connectivity index (χ1n) is 6.95. The summed E-state index contributed by atoms with van der Waals surface area (Å²) in [5.41, 5.74) is 1.60. The lowest BCUT2D eigenvalue weighted by atomic mass is 9.85. The van der Waals surface area contributed by atoms with Gasteiger partial charge in [0.1, 0.15) is 0 Å². The van der Waals surface area contributed by atoms with Crippen LogP contribution in [0.2, 0.25) is 0 Å². The van der Waals surface area contributed by atoms with E-state index in [-0.39, 0.29) is 5.97 Å². The molecule has 1 aliphatic rings. The summed E-state index contributed by atoms with van der Waals surface area (Å²) in [6, 6.07) is 0. The van der Waals surface area contributed by atoms with Crippen molar-refractivity contribution in [2.75, 3.05) is 12.4 Å². The van der Waals surface area contributed by atoms with Gasteiger partial charge in [0, 0.05) is 10.5 Å². The van der Waals surface area contributed by atoms with E-state index < -0.39 is 0 Å². The number of carbonyl (C=O) groups is 1. The molecule has 104 valence electrons. The molecule has 0 aromatic heterocycles. The van der Waals surface area contributed by atoms with E-state index in [4.69, 9.17) is 4.74 Å². The molecule has 3 heteroatoms. The second-order valence-electron chi connectivity index (χ2n) is 5.49. The monoisotopic (exact) mass is 270 g/mol. The number of allylic oxidation sites excluding steroid dienone is 2. The fourth-order valence-corrected chi connectivity index (χ4v) is 3.44. The number of thioether (sulfide) groups is 1. The first kappa shape index (κ1) is 15.6. The van der Waals surface area contributed by atoms with Crippen molar-refractivity contribution in [2.45, 2.75) is 58.1 Å². The molecule has 18 heavy (non-hydrogen) atoms. The van der Waals surface area contributed by atoms with E-state index in [1.54, 1.807) is 5.57 Å². The van der Waals surface area contributed by atoms with Crippen LogP contribution in [0.3, 0.4) is 0 Å². The molecule has 1 atom stereocenters. The maximum absolute atomic E-state index is 11.3. The van der Waals surface area contributed by atoms with Crippen LogP contribution >= 0.6 is 11.8 Å². The molecule has 1 rings (SSSR count). The van der Waals surface area contributed by atoms with Crippen molar-refractivity contribution in [3.8, 4) is 0 Å². The van der Waals surface area contributed by atoms with Gasteiger partial charge in [0.15, 0.2) is 0 Å². The number of hydrogen-bond acceptors (Lipinski definition) is 3. The maximum atomic E-state index is 11.3. The summed E-state index contributed by atoms with van der Waals surface area (Å²) in [6.45, 7) is 9.19. The molecule has 0 aliphatic heterocycles. The van der Waals surface area contributed by atoms with Gasteiger partial charge in [-0.3, -0.25) is 4.79 Å². The molecule has 0 spiro atoms. The van der Waals surface area contributed by atoms with Crippen LogP contribution in [-0.2, 0) is 9.53 Å². The predicted molar refractivity (Wildman–Crippen MR) is 78.9 cm³/mol. The van der Waals surface area contributed by atoms with Crippen LogP contribution in [0.25, 0.3) is 0 Å². The van der Waals surface area contributed by atoms with Gasteiger partial charge in [-0.05, 0) is 32.1 Å². The van der Waals surface area contributed by atoms with Crippen molar-refractivity contribution in [2.24, 2.45) is 5.92 Å². The third-order valence-corrected chi connectivity index (χ3v) is 5.02. The third-order valence-electron chi connectivity index (χ3n) is 3.54. The number of hydrogen-bond donors (Lipinski definition) is 0. The molecule has 0 amide bonds. The lowest BCUT2D eigenvalue weighted by Gasteiger charge is -2.33. The maximum Gasteiger partial charge on any atom is 0.306 e. The number of rotatable bonds is 6. The summed E-state index contributed by atoms with van der Waals surface area (Å²) in [7, 11) is 0. The topological polar surface area (TPSA) is 26.3 Å². The average Bonchev–Trinajstić information content (AvgIpc) is 2.29. The largest absolute Gasteiger partial charge is 0.466 e. The second-order valence-corrected chi connectivity index (χ2v) is 7.17. The normalized spacial score (nSPS) is 23.9. The molecule has 0 radical (unpaired) electrons. The van der Waals surface area contributed by atoms with Crippen molar-refractivity contribution in [1.29, 1.82) is 0 Å². The van der Waals surface area contributed by atoms with Crippen molar-refractivity contribution in [3.05, 3.63) is 11.6 Å². The Morgan fingerprint density at radius 1 is 1.56 bits per heavy atom. The van der Waals surface area contributed by atoms with E-state index in [0.717, 1.165) is 12.2 Å². The third kappa shape index (κ3) is 5.05. The predicted octanol–water partition coefficient (Wildman–Crippen LogP) is 4.20. The molecular weight excluding hydrogens is 244 g/mol. The molecule has 0 saturated carbocycles. The van der Waals surface area contributed by atoms with Crippen molar-refractivity contribution >= 4 is 17.7 Å². The summed E-state index contributed by atoms with van der Waals surface area (Å²) < 4.78 is 5.26. The van der Waals surface area contributed by atoms with E-state index in [1.807, 2.05) is 18.7 Å². The SMILES string of the molecule is CCOC(=O)CCSC1(C)CC=C(C(C)C)CC1. The van der Waals surface area contributed by atoms with E-state index in [0.29, 0.717) is 23.7 Å². The molecular formula is C15H26O2S. The average molecular weight is 270 g/mol. The fraction of sp³-hybridized carbons (Fsp3) is 0.800. The molecule has 1 aliphatic carbocycles. The smallest absolute Gasteiger partial charge is 0.306 e. The van der Waals surface area contributed by atoms with Gasteiger partial charge in [-0.2, -0.15) is 11.8 Å². The van der Waals surface area contributed by atoms with Crippen molar-refractivity contribution < 1.29 is 9.53 Å². The molecule has 0 aromatic rings. The number of ether oxygens (including phenoxy) is 1. The summed E-state index contributed by atoms with van der Waals surface area (Å²) in [5, 5.41) is 0. The fourth-order valence-electron chi connectivity index (χ4n) is 2.23. The Morgan fingerprint density at radius 2 is 2.28 bits per heavy atom. The lowest BCUT2D eigenvalue weighted by Crippen LogP contribution is -2.24. The van der Waals surface area contributed by atoms with Crippen molar-refractivity contribution in [1.82, 2.24) is 0 Å². The van der Waals surface area contributed by atoms with E-state index in [1.165, 1.54) is 12.8 Å². The molecule has 0 aromatic carbocycles. The minimum Gasteiger partial charge on any atom is -0.466 e. The zero-order valence-electron chi connectivity index (χ0n) is 12.1. The first-order chi connectivity index (χ1) is 8.47. The molecule has 0 saturated heterocycles. The van der Waals surface area contributed by atoms with Gasteiger partial charge in [-0.15, -0.1) is 0 Å². The standard InChI is InChI=1S/C15H26O2S/c1-5-17-14(16)8-11-18-15(4)9-6-13(7-10-15)12(2)3/h6,12H,5,7-11H2,1-4H3. The van der Waals surface area contributed by atoms with Crippen molar-refractivity contribution in [3.63, 3.8) is 0 Å². The first-order valence-corrected chi connectivity index (χ1v) is 7.94. The molecule has 2 nitrogen and oxygen atoms in total. The molecule has 1 unspecified atom stereocenters. The quantitative estimate of drug-likeness (QED) is 0.534. The Hall–Kier alpha value is -0.440. The molecule has 0 bridgehead atoms. The van der Waals surface area contributed by atoms with Gasteiger partial charge in [-0.25, -0.2) is 0 Å². The van der Waals surface area contributed by atoms with Gasteiger partial charge in [-0.1, -0.05) is 32.4 Å². The summed E-state index contributed by atoms with van der Waals surface area (Å²) >= 11 is 1.92. The number of esters is 1. The lowest BCUT2D eigenvalue weighted by molar-refractivity contribution is -0.142. The van der Waals surface area contributed by atoms with E-state index in [2.05, 4.69) is 26.8 Å². The summed E-state index contributed by atoms with van der Waals surface area (Å²) in [4.78, 5) is 11.3. The Labute approximate surface area is 116 Å². The molecule has 0 N–H and O–H groups in total. The van der Waals surface area contributed by atoms with Crippen LogP contribution in [0.15, 0.2) is 11.6 Å². The molecule has 0 fully saturated rings. The van der Waals surface area contributed by atoms with E-state index in [9.17, 15) is 4.79 Å². The minimum atomic E-state index is -0.0668. The Balaban J connectivity index is 2.32. The Kier molecular flexibility index (Phi) is 6.27. The zero-order chi connectivity index (χ0) is 13.6. The van der Waals surface area contributed by atoms with Crippen LogP contribution in [0.4, 0.5) is 0 Å². The Morgan fingerprint density at radius 3 is 2.78 bits per heavy atom. The van der Waals surface area contributed by atoms with Gasteiger partial charge in [0.05, 0.1) is 13.0 Å². The van der Waals surface area contributed by atoms with Crippen LogP contribution in [0.5, 0.6) is 0 Å². The van der Waals surface area contributed by atoms with Gasteiger partial charge >= 0.3 is 5.97 Å². The summed E-state index contributed by atoms with van der Waals surface area (Å²) in [5.74, 6) is 1.49. The van der Waals surface area contributed by atoms with E-state index >= 15 is 0 Å². The van der Waals surface area contributed by atoms with Gasteiger partial charge in [0.25, 0.3) is 0 Å². The summed E-state index contributed by atoms with van der Waals surface area (Å²) in [6.07, 6.45) is 6.51. The minimum absolute atomic E-state index is 0.0668. The van der Waals surface area contributed by atoms with Crippen LogP contribution in [-0.4, -0.2) is 23.1 Å². The van der Waals surface area contributed by atoms with Crippen LogP contribution < -0.4 is 0 Å². The zero-order valence-corrected chi connectivity index (χ0v) is 12.9.